The van der Waals surface area contributed by atoms with Gasteiger partial charge in [0, 0.05) is 18.2 Å². The summed E-state index contributed by atoms with van der Waals surface area (Å²) < 4.78 is 15.3. The number of rotatable bonds is 3. The topological polar surface area (TPSA) is 68.2 Å². The Balaban J connectivity index is 2.22. The monoisotopic (exact) mass is 267 g/mol. The molecule has 6 heteroatoms. The molecule has 1 N–H and O–H groups in total. The first-order valence-electron chi connectivity index (χ1n) is 5.96. The third-order valence-electron chi connectivity index (χ3n) is 2.93. The summed E-state index contributed by atoms with van der Waals surface area (Å²) >= 11 is 0. The number of aliphatic hydroxyl groups excluding tert-OH is 1. The van der Waals surface area contributed by atoms with E-state index in [0.717, 1.165) is 0 Å². The van der Waals surface area contributed by atoms with Crippen molar-refractivity contribution in [1.29, 1.82) is 0 Å². The highest BCUT2D eigenvalue weighted by atomic mass is 16.6. The van der Waals surface area contributed by atoms with Crippen LogP contribution in [0.1, 0.15) is 10.4 Å². The molecule has 1 atom stereocenters. The van der Waals surface area contributed by atoms with Crippen molar-refractivity contribution in [2.24, 2.45) is 0 Å². The fourth-order valence-corrected chi connectivity index (χ4v) is 1.93. The second-order valence-corrected chi connectivity index (χ2v) is 4.18. The summed E-state index contributed by atoms with van der Waals surface area (Å²) in [4.78, 5) is 13.9. The zero-order chi connectivity index (χ0) is 13.8. The Kier molecular flexibility index (Phi) is 4.24. The molecule has 1 fully saturated rings. The average molecular weight is 267 g/mol. The molecule has 0 spiro atoms. The van der Waals surface area contributed by atoms with Gasteiger partial charge in [-0.25, -0.2) is 0 Å². The van der Waals surface area contributed by atoms with E-state index in [9.17, 15) is 9.90 Å². The van der Waals surface area contributed by atoms with E-state index < -0.39 is 6.29 Å². The normalized spacial score (nSPS) is 19.1. The Hall–Kier alpha value is -1.79. The van der Waals surface area contributed by atoms with Crippen molar-refractivity contribution >= 4 is 5.91 Å². The number of carbonyl (C=O) groups is 1. The maximum atomic E-state index is 12.3. The van der Waals surface area contributed by atoms with Gasteiger partial charge in [0.15, 0.2) is 6.29 Å². The van der Waals surface area contributed by atoms with Gasteiger partial charge in [0.1, 0.15) is 11.5 Å². The lowest BCUT2D eigenvalue weighted by Crippen LogP contribution is -2.45. The van der Waals surface area contributed by atoms with E-state index in [2.05, 4.69) is 0 Å². The number of hydrogen-bond acceptors (Lipinski definition) is 5. The standard InChI is InChI=1S/C13H17NO5/c1-17-10-5-9(6-11(7-10)18-2)13(16)14-3-4-19-12(15)8-14/h5-7,12,15H,3-4,8H2,1-2H3. The van der Waals surface area contributed by atoms with Gasteiger partial charge >= 0.3 is 0 Å². The van der Waals surface area contributed by atoms with Crippen LogP contribution >= 0.6 is 0 Å². The van der Waals surface area contributed by atoms with Crippen LogP contribution in [0.15, 0.2) is 18.2 Å². The Bertz CT molecular complexity index is 440. The second-order valence-electron chi connectivity index (χ2n) is 4.18. The summed E-state index contributed by atoms with van der Waals surface area (Å²) in [6, 6.07) is 4.99. The largest absolute Gasteiger partial charge is 0.497 e. The van der Waals surface area contributed by atoms with E-state index in [1.165, 1.54) is 14.2 Å². The summed E-state index contributed by atoms with van der Waals surface area (Å²) in [6.07, 6.45) is -0.926. The van der Waals surface area contributed by atoms with E-state index >= 15 is 0 Å². The minimum absolute atomic E-state index is 0.165. The minimum atomic E-state index is -0.926. The van der Waals surface area contributed by atoms with Gasteiger partial charge in [0.25, 0.3) is 5.91 Å². The van der Waals surface area contributed by atoms with E-state index in [4.69, 9.17) is 14.2 Å². The van der Waals surface area contributed by atoms with Crippen molar-refractivity contribution in [2.45, 2.75) is 6.29 Å². The molecule has 0 aliphatic carbocycles. The van der Waals surface area contributed by atoms with Gasteiger partial charge < -0.3 is 24.2 Å². The maximum Gasteiger partial charge on any atom is 0.254 e. The molecule has 1 heterocycles. The van der Waals surface area contributed by atoms with Crippen LogP contribution in [0.25, 0.3) is 0 Å². The van der Waals surface area contributed by atoms with Crippen LogP contribution in [0.5, 0.6) is 11.5 Å². The van der Waals surface area contributed by atoms with Crippen LogP contribution in [-0.4, -0.2) is 56.1 Å². The Morgan fingerprint density at radius 1 is 1.32 bits per heavy atom. The molecule has 1 aliphatic heterocycles. The summed E-state index contributed by atoms with van der Waals surface area (Å²) in [5.74, 6) is 0.924. The highest BCUT2D eigenvalue weighted by molar-refractivity contribution is 5.95. The van der Waals surface area contributed by atoms with E-state index in [1.54, 1.807) is 23.1 Å². The summed E-state index contributed by atoms with van der Waals surface area (Å²) in [5.41, 5.74) is 0.463. The molecule has 2 rings (SSSR count). The van der Waals surface area contributed by atoms with Crippen molar-refractivity contribution in [1.82, 2.24) is 4.90 Å². The van der Waals surface area contributed by atoms with Gasteiger partial charge in [0.2, 0.25) is 0 Å². The minimum Gasteiger partial charge on any atom is -0.497 e. The number of carbonyl (C=O) groups excluding carboxylic acids is 1. The predicted molar refractivity (Wildman–Crippen MR) is 67.4 cm³/mol. The number of nitrogens with zero attached hydrogens (tertiary/aromatic N) is 1. The lowest BCUT2D eigenvalue weighted by atomic mass is 10.1. The molecule has 1 aromatic carbocycles. The van der Waals surface area contributed by atoms with Gasteiger partial charge in [-0.15, -0.1) is 0 Å². The first-order valence-corrected chi connectivity index (χ1v) is 5.96. The SMILES string of the molecule is COc1cc(OC)cc(C(=O)N2CCOC(O)C2)c1. The fraction of sp³-hybridized carbons (Fsp3) is 0.462. The number of methoxy groups -OCH3 is 2. The summed E-state index contributed by atoms with van der Waals surface area (Å²) in [5, 5.41) is 9.41. The van der Waals surface area contributed by atoms with Crippen LogP contribution in [0.3, 0.4) is 0 Å². The van der Waals surface area contributed by atoms with Crippen molar-refractivity contribution in [2.75, 3.05) is 33.9 Å². The molecule has 6 nitrogen and oxygen atoms in total. The van der Waals surface area contributed by atoms with Gasteiger partial charge in [0.05, 0.1) is 27.4 Å². The molecule has 0 saturated carbocycles. The molecular formula is C13H17NO5. The van der Waals surface area contributed by atoms with E-state index in [1.807, 2.05) is 0 Å². The highest BCUT2D eigenvalue weighted by Crippen LogP contribution is 2.23. The highest BCUT2D eigenvalue weighted by Gasteiger charge is 2.24. The smallest absolute Gasteiger partial charge is 0.254 e. The molecule has 0 bridgehead atoms. The number of ether oxygens (including phenoxy) is 3. The van der Waals surface area contributed by atoms with Crippen LogP contribution < -0.4 is 9.47 Å². The zero-order valence-electron chi connectivity index (χ0n) is 11.0. The number of hydrogen-bond donors (Lipinski definition) is 1. The molecule has 1 saturated heterocycles. The Labute approximate surface area is 111 Å². The summed E-state index contributed by atoms with van der Waals surface area (Å²) in [6.45, 7) is 0.946. The van der Waals surface area contributed by atoms with Crippen LogP contribution in [0, 0.1) is 0 Å². The predicted octanol–water partition coefficient (Wildman–Crippen LogP) is 0.495. The fourth-order valence-electron chi connectivity index (χ4n) is 1.93. The van der Waals surface area contributed by atoms with Gasteiger partial charge in [-0.05, 0) is 12.1 Å². The van der Waals surface area contributed by atoms with Gasteiger partial charge in [-0.3, -0.25) is 4.79 Å². The number of morpholine rings is 1. The average Bonchev–Trinajstić information content (AvgIpc) is 2.45. The van der Waals surface area contributed by atoms with Crippen LogP contribution in [0.2, 0.25) is 0 Å². The Morgan fingerprint density at radius 3 is 2.47 bits per heavy atom. The van der Waals surface area contributed by atoms with E-state index in [-0.39, 0.29) is 12.5 Å². The zero-order valence-corrected chi connectivity index (χ0v) is 11.0. The molecule has 1 amide bonds. The lowest BCUT2D eigenvalue weighted by Gasteiger charge is -2.30. The van der Waals surface area contributed by atoms with Crippen molar-refractivity contribution < 1.29 is 24.1 Å². The number of β-amino-alcohol motifs (C(OH)–C–C–N with tert-alkyl or cyclic N) is 1. The lowest BCUT2D eigenvalue weighted by molar-refractivity contribution is -0.137. The third-order valence-corrected chi connectivity index (χ3v) is 2.93. The van der Waals surface area contributed by atoms with Crippen LogP contribution in [0.4, 0.5) is 0 Å². The Morgan fingerprint density at radius 2 is 1.95 bits per heavy atom. The molecule has 104 valence electrons. The van der Waals surface area contributed by atoms with Crippen molar-refractivity contribution in [3.63, 3.8) is 0 Å². The quantitative estimate of drug-likeness (QED) is 0.863. The molecular weight excluding hydrogens is 250 g/mol. The summed E-state index contributed by atoms with van der Waals surface area (Å²) in [7, 11) is 3.06. The molecule has 19 heavy (non-hydrogen) atoms. The first-order chi connectivity index (χ1) is 9.13. The number of aliphatic hydroxyl groups is 1. The van der Waals surface area contributed by atoms with Crippen molar-refractivity contribution in [3.8, 4) is 11.5 Å². The van der Waals surface area contributed by atoms with Gasteiger partial charge in [-0.1, -0.05) is 0 Å². The molecule has 1 aromatic rings. The molecule has 0 radical (unpaired) electrons. The molecule has 1 aliphatic rings. The maximum absolute atomic E-state index is 12.3. The number of amides is 1. The first kappa shape index (κ1) is 13.6. The third kappa shape index (κ3) is 3.15. The molecule has 0 aromatic heterocycles. The van der Waals surface area contributed by atoms with E-state index in [0.29, 0.717) is 30.2 Å². The van der Waals surface area contributed by atoms with Crippen LogP contribution in [-0.2, 0) is 4.74 Å². The number of benzene rings is 1. The van der Waals surface area contributed by atoms with Crippen molar-refractivity contribution in [3.05, 3.63) is 23.8 Å². The van der Waals surface area contributed by atoms with Gasteiger partial charge in [-0.2, -0.15) is 0 Å². The second kappa shape index (κ2) is 5.90. The molecule has 1 unspecified atom stereocenters.